The maximum Gasteiger partial charge on any atom is 0.269 e. The van der Waals surface area contributed by atoms with Gasteiger partial charge in [0.05, 0.1) is 4.92 Å². The van der Waals surface area contributed by atoms with Gasteiger partial charge in [-0.25, -0.2) is 8.42 Å². The molecule has 150 valence electrons. The summed E-state index contributed by atoms with van der Waals surface area (Å²) < 4.78 is 26.8. The summed E-state index contributed by atoms with van der Waals surface area (Å²) in [4.78, 5) is 22.8. The van der Waals surface area contributed by atoms with Gasteiger partial charge in [0.1, 0.15) is 9.77 Å². The summed E-state index contributed by atoms with van der Waals surface area (Å²) in [6.07, 6.45) is 1.67. The lowest BCUT2D eigenvalue weighted by Gasteiger charge is -2.15. The fourth-order valence-corrected chi connectivity index (χ4v) is 5.73. The zero-order valence-corrected chi connectivity index (χ0v) is 16.6. The van der Waals surface area contributed by atoms with Gasteiger partial charge in [0.15, 0.2) is 0 Å². The number of rotatable bonds is 8. The zero-order valence-electron chi connectivity index (χ0n) is 15.0. The van der Waals surface area contributed by atoms with Gasteiger partial charge in [-0.15, -0.1) is 11.3 Å². The van der Waals surface area contributed by atoms with Crippen LogP contribution in [-0.2, 0) is 10.0 Å². The molecular formula is C17H20N4O5S2. The molecule has 0 atom stereocenters. The Morgan fingerprint density at radius 1 is 1.14 bits per heavy atom. The van der Waals surface area contributed by atoms with Crippen LogP contribution in [0.3, 0.4) is 0 Å². The van der Waals surface area contributed by atoms with Crippen molar-refractivity contribution in [2.45, 2.75) is 17.7 Å². The van der Waals surface area contributed by atoms with Crippen molar-refractivity contribution in [2.24, 2.45) is 0 Å². The number of amides is 1. The minimum atomic E-state index is -3.64. The molecule has 0 spiro atoms. The molecule has 0 radical (unpaired) electrons. The van der Waals surface area contributed by atoms with Gasteiger partial charge in [0.25, 0.3) is 11.6 Å². The predicted molar refractivity (Wildman–Crippen MR) is 106 cm³/mol. The highest BCUT2D eigenvalue weighted by atomic mass is 32.2. The summed E-state index contributed by atoms with van der Waals surface area (Å²) in [5, 5.41) is 18.0. The first-order valence-electron chi connectivity index (χ1n) is 8.74. The third kappa shape index (κ3) is 4.49. The standard InChI is InChI=1S/C17H20N4O5S2/c22-17(19-9-8-18-13-3-5-14(6-4-13)21(23)24)16-15(7-12-27-16)28(25,26)20-10-1-2-11-20/h3-7,12,18H,1-2,8-11H2,(H,19,22). The molecule has 0 aliphatic carbocycles. The van der Waals surface area contributed by atoms with Crippen molar-refractivity contribution in [1.82, 2.24) is 9.62 Å². The van der Waals surface area contributed by atoms with E-state index in [-0.39, 0.29) is 22.0 Å². The molecular weight excluding hydrogens is 404 g/mol. The number of carbonyl (C=O) groups is 1. The molecule has 3 rings (SSSR count). The molecule has 0 saturated carbocycles. The van der Waals surface area contributed by atoms with E-state index in [9.17, 15) is 23.3 Å². The third-order valence-electron chi connectivity index (χ3n) is 4.34. The molecule has 11 heteroatoms. The van der Waals surface area contributed by atoms with Gasteiger partial charge in [-0.2, -0.15) is 4.31 Å². The van der Waals surface area contributed by atoms with E-state index in [2.05, 4.69) is 10.6 Å². The monoisotopic (exact) mass is 424 g/mol. The Labute approximate surface area is 166 Å². The summed E-state index contributed by atoms with van der Waals surface area (Å²) in [6, 6.07) is 7.42. The molecule has 9 nitrogen and oxygen atoms in total. The smallest absolute Gasteiger partial charge is 0.269 e. The molecule has 1 saturated heterocycles. The molecule has 1 aliphatic heterocycles. The van der Waals surface area contributed by atoms with E-state index in [4.69, 9.17) is 0 Å². The van der Waals surface area contributed by atoms with Crippen LogP contribution in [0, 0.1) is 10.1 Å². The van der Waals surface area contributed by atoms with Gasteiger partial charge >= 0.3 is 0 Å². The van der Waals surface area contributed by atoms with Crippen molar-refractivity contribution in [2.75, 3.05) is 31.5 Å². The molecule has 28 heavy (non-hydrogen) atoms. The summed E-state index contributed by atoms with van der Waals surface area (Å²) in [5.74, 6) is -0.432. The second kappa shape index (κ2) is 8.67. The second-order valence-corrected chi connectivity index (χ2v) is 9.03. The molecule has 1 aromatic heterocycles. The quantitative estimate of drug-likeness (QED) is 0.381. The van der Waals surface area contributed by atoms with Crippen LogP contribution in [0.1, 0.15) is 22.5 Å². The number of nitro groups is 1. The van der Waals surface area contributed by atoms with Crippen LogP contribution >= 0.6 is 11.3 Å². The minimum Gasteiger partial charge on any atom is -0.383 e. The van der Waals surface area contributed by atoms with Crippen molar-refractivity contribution in [3.63, 3.8) is 0 Å². The number of nitrogens with one attached hydrogen (secondary N) is 2. The SMILES string of the molecule is O=C(NCCNc1ccc([N+](=O)[O-])cc1)c1sccc1S(=O)(=O)N1CCCC1. The molecule has 2 aromatic rings. The minimum absolute atomic E-state index is 0.00305. The summed E-state index contributed by atoms with van der Waals surface area (Å²) in [6.45, 7) is 1.64. The number of thiophene rings is 1. The number of anilines is 1. The Morgan fingerprint density at radius 2 is 1.82 bits per heavy atom. The van der Waals surface area contributed by atoms with Gasteiger partial charge in [-0.3, -0.25) is 14.9 Å². The highest BCUT2D eigenvalue weighted by Gasteiger charge is 2.31. The fraction of sp³-hybridized carbons (Fsp3) is 0.353. The number of sulfonamides is 1. The lowest BCUT2D eigenvalue weighted by Crippen LogP contribution is -2.32. The van der Waals surface area contributed by atoms with E-state index >= 15 is 0 Å². The van der Waals surface area contributed by atoms with E-state index in [1.807, 2.05) is 0 Å². The molecule has 1 aliphatic rings. The van der Waals surface area contributed by atoms with E-state index in [1.165, 1.54) is 22.5 Å². The van der Waals surface area contributed by atoms with Crippen molar-refractivity contribution >= 4 is 38.6 Å². The number of nitrogens with zero attached hydrogens (tertiary/aromatic N) is 2. The molecule has 2 N–H and O–H groups in total. The highest BCUT2D eigenvalue weighted by Crippen LogP contribution is 2.27. The normalized spacial score (nSPS) is 14.7. The van der Waals surface area contributed by atoms with Crippen LogP contribution < -0.4 is 10.6 Å². The number of nitro benzene ring substituents is 1. The number of hydrogen-bond acceptors (Lipinski definition) is 7. The Morgan fingerprint density at radius 3 is 2.46 bits per heavy atom. The van der Waals surface area contributed by atoms with E-state index in [0.717, 1.165) is 24.2 Å². The lowest BCUT2D eigenvalue weighted by molar-refractivity contribution is -0.384. The summed E-state index contributed by atoms with van der Waals surface area (Å²) in [7, 11) is -3.64. The van der Waals surface area contributed by atoms with Crippen molar-refractivity contribution in [1.29, 1.82) is 0 Å². The summed E-state index contributed by atoms with van der Waals surface area (Å²) >= 11 is 1.10. The van der Waals surface area contributed by atoms with E-state index in [0.29, 0.717) is 25.3 Å². The first-order chi connectivity index (χ1) is 13.4. The number of non-ortho nitro benzene ring substituents is 1. The van der Waals surface area contributed by atoms with Crippen LogP contribution in [-0.4, -0.2) is 49.7 Å². The van der Waals surface area contributed by atoms with Crippen LogP contribution in [0.5, 0.6) is 0 Å². The van der Waals surface area contributed by atoms with Crippen molar-refractivity contribution in [3.8, 4) is 0 Å². The van der Waals surface area contributed by atoms with Crippen LogP contribution in [0.15, 0.2) is 40.6 Å². The van der Waals surface area contributed by atoms with Gasteiger partial charge in [0.2, 0.25) is 10.0 Å². The van der Waals surface area contributed by atoms with Crippen molar-refractivity contribution in [3.05, 3.63) is 50.7 Å². The topological polar surface area (TPSA) is 122 Å². The van der Waals surface area contributed by atoms with E-state index < -0.39 is 20.9 Å². The molecule has 1 aromatic carbocycles. The molecule has 2 heterocycles. The maximum absolute atomic E-state index is 12.7. The van der Waals surface area contributed by atoms with Gasteiger partial charge in [0, 0.05) is 44.0 Å². The Hall–Kier alpha value is -2.50. The number of carbonyl (C=O) groups excluding carboxylic acids is 1. The Bertz CT molecular complexity index is 950. The Balaban J connectivity index is 1.54. The summed E-state index contributed by atoms with van der Waals surface area (Å²) in [5.41, 5.74) is 0.691. The molecule has 0 unspecified atom stereocenters. The van der Waals surface area contributed by atoms with Gasteiger partial charge in [-0.1, -0.05) is 0 Å². The van der Waals surface area contributed by atoms with Crippen molar-refractivity contribution < 1.29 is 18.1 Å². The molecule has 0 bridgehead atoms. The first-order valence-corrected chi connectivity index (χ1v) is 11.1. The average molecular weight is 425 g/mol. The zero-order chi connectivity index (χ0) is 20.1. The molecule has 1 amide bonds. The number of benzene rings is 1. The highest BCUT2D eigenvalue weighted by molar-refractivity contribution is 7.89. The fourth-order valence-electron chi connectivity index (χ4n) is 2.90. The van der Waals surface area contributed by atoms with Gasteiger partial charge < -0.3 is 10.6 Å². The predicted octanol–water partition coefficient (Wildman–Crippen LogP) is 2.28. The first kappa shape index (κ1) is 20.2. The second-order valence-electron chi connectivity index (χ2n) is 6.21. The lowest BCUT2D eigenvalue weighted by atomic mass is 10.3. The third-order valence-corrected chi connectivity index (χ3v) is 7.32. The van der Waals surface area contributed by atoms with Crippen LogP contribution in [0.2, 0.25) is 0 Å². The van der Waals surface area contributed by atoms with Gasteiger partial charge in [-0.05, 0) is 36.4 Å². The van der Waals surface area contributed by atoms with Crippen LogP contribution in [0.4, 0.5) is 11.4 Å². The Kier molecular flexibility index (Phi) is 6.27. The molecule has 1 fully saturated rings. The maximum atomic E-state index is 12.7. The van der Waals surface area contributed by atoms with Crippen LogP contribution in [0.25, 0.3) is 0 Å². The van der Waals surface area contributed by atoms with E-state index in [1.54, 1.807) is 17.5 Å². The largest absolute Gasteiger partial charge is 0.383 e. The average Bonchev–Trinajstić information content (AvgIpc) is 3.37. The number of hydrogen-bond donors (Lipinski definition) is 2.